The van der Waals surface area contributed by atoms with Crippen LogP contribution in [0.25, 0.3) is 0 Å². The van der Waals surface area contributed by atoms with Gasteiger partial charge in [-0.2, -0.15) is 0 Å². The van der Waals surface area contributed by atoms with Crippen LogP contribution in [-0.4, -0.2) is 12.1 Å². The smallest absolute Gasteiger partial charge is 0.248 e. The largest absolute Gasteiger partial charge is 0.366 e. The molecule has 0 aromatic carbocycles. The molecule has 0 aliphatic rings. The Bertz CT molecular complexity index is 192. The van der Waals surface area contributed by atoms with E-state index in [1.54, 1.807) is 13.1 Å². The maximum absolute atomic E-state index is 10.3. The van der Waals surface area contributed by atoms with Gasteiger partial charge in [0.05, 0.1) is 0 Å². The molecule has 0 atom stereocenters. The van der Waals surface area contributed by atoms with E-state index in [1.165, 1.54) is 12.3 Å². The number of nitrogens with zero attached hydrogens (tertiary/aromatic N) is 1. The second kappa shape index (κ2) is 4.49. The lowest BCUT2D eigenvalue weighted by atomic mass is 10.3. The Labute approximate surface area is 59.9 Å². The van der Waals surface area contributed by atoms with Crippen LogP contribution in [0.1, 0.15) is 6.92 Å². The zero-order chi connectivity index (χ0) is 7.98. The highest BCUT2D eigenvalue weighted by molar-refractivity contribution is 5.94. The number of aliphatic imine (C=N–C) groups is 1. The average molecular weight is 138 g/mol. The lowest BCUT2D eigenvalue weighted by Crippen LogP contribution is -2.11. The summed E-state index contributed by atoms with van der Waals surface area (Å²) >= 11 is 0. The van der Waals surface area contributed by atoms with Crippen molar-refractivity contribution in [3.05, 3.63) is 24.4 Å². The molecular formula is C7H10N2O. The van der Waals surface area contributed by atoms with Crippen molar-refractivity contribution in [2.75, 3.05) is 0 Å². The maximum atomic E-state index is 10.3. The van der Waals surface area contributed by atoms with E-state index in [0.29, 0.717) is 0 Å². The molecule has 0 aromatic heterocycles. The fourth-order valence-corrected chi connectivity index (χ4v) is 0.301. The van der Waals surface area contributed by atoms with Crippen molar-refractivity contribution in [3.8, 4) is 0 Å². The van der Waals surface area contributed by atoms with Crippen LogP contribution in [0.3, 0.4) is 0 Å². The summed E-state index contributed by atoms with van der Waals surface area (Å²) < 4.78 is 0. The highest BCUT2D eigenvalue weighted by Gasteiger charge is 1.92. The molecule has 0 unspecified atom stereocenters. The molecule has 0 fully saturated rings. The minimum Gasteiger partial charge on any atom is -0.366 e. The minimum atomic E-state index is -0.525. The molecule has 1 amide bonds. The summed E-state index contributed by atoms with van der Waals surface area (Å²) in [6, 6.07) is 0. The van der Waals surface area contributed by atoms with Crippen molar-refractivity contribution in [2.24, 2.45) is 10.7 Å². The molecular weight excluding hydrogens is 128 g/mol. The van der Waals surface area contributed by atoms with Crippen molar-refractivity contribution in [1.29, 1.82) is 0 Å². The van der Waals surface area contributed by atoms with Crippen LogP contribution in [0.5, 0.6) is 0 Å². The van der Waals surface area contributed by atoms with Crippen molar-refractivity contribution in [3.63, 3.8) is 0 Å². The number of hydrogen-bond acceptors (Lipinski definition) is 2. The zero-order valence-electron chi connectivity index (χ0n) is 5.87. The Morgan fingerprint density at radius 2 is 2.30 bits per heavy atom. The molecule has 2 N–H and O–H groups in total. The molecule has 0 saturated heterocycles. The fourth-order valence-electron chi connectivity index (χ4n) is 0.301. The molecule has 54 valence electrons. The van der Waals surface area contributed by atoms with E-state index in [1.807, 2.05) is 0 Å². The third-order valence-electron chi connectivity index (χ3n) is 0.827. The van der Waals surface area contributed by atoms with E-state index >= 15 is 0 Å². The highest BCUT2D eigenvalue weighted by Crippen LogP contribution is 1.89. The Balaban J connectivity index is 3.90. The first-order chi connectivity index (χ1) is 4.68. The van der Waals surface area contributed by atoms with E-state index in [0.717, 1.165) is 0 Å². The number of rotatable bonds is 3. The van der Waals surface area contributed by atoms with Gasteiger partial charge in [0, 0.05) is 18.0 Å². The van der Waals surface area contributed by atoms with Gasteiger partial charge in [0.2, 0.25) is 5.91 Å². The molecule has 0 heterocycles. The predicted molar refractivity (Wildman–Crippen MR) is 41.6 cm³/mol. The predicted octanol–water partition coefficient (Wildman–Crippen LogP) is 0.632. The van der Waals surface area contributed by atoms with E-state index in [-0.39, 0.29) is 5.57 Å². The maximum Gasteiger partial charge on any atom is 0.248 e. The monoisotopic (exact) mass is 138 g/mol. The van der Waals surface area contributed by atoms with Gasteiger partial charge >= 0.3 is 0 Å². The van der Waals surface area contributed by atoms with Gasteiger partial charge < -0.3 is 5.73 Å². The third kappa shape index (κ3) is 3.60. The van der Waals surface area contributed by atoms with Crippen LogP contribution in [0.2, 0.25) is 0 Å². The quantitative estimate of drug-likeness (QED) is 0.347. The van der Waals surface area contributed by atoms with Gasteiger partial charge in [-0.3, -0.25) is 9.79 Å². The summed E-state index contributed by atoms with van der Waals surface area (Å²) in [7, 11) is 0. The Kier molecular flexibility index (Phi) is 3.87. The van der Waals surface area contributed by atoms with E-state index in [9.17, 15) is 4.79 Å². The molecule has 0 bridgehead atoms. The van der Waals surface area contributed by atoms with Crippen LogP contribution in [-0.2, 0) is 4.79 Å². The first-order valence-electron chi connectivity index (χ1n) is 2.81. The Morgan fingerprint density at radius 3 is 2.70 bits per heavy atom. The van der Waals surface area contributed by atoms with E-state index in [2.05, 4.69) is 11.6 Å². The topological polar surface area (TPSA) is 55.4 Å². The molecule has 0 aliphatic carbocycles. The molecule has 0 radical (unpaired) electrons. The molecule has 0 rings (SSSR count). The average Bonchev–Trinajstić information content (AvgIpc) is 1.88. The first-order valence-corrected chi connectivity index (χ1v) is 2.81. The number of nitrogens with two attached hydrogens (primary N) is 1. The van der Waals surface area contributed by atoms with Gasteiger partial charge in [-0.05, 0) is 13.0 Å². The third-order valence-corrected chi connectivity index (χ3v) is 0.827. The SMILES string of the molecule is C=C(/C=C\N=CC)C(N)=O. The van der Waals surface area contributed by atoms with Crippen molar-refractivity contribution in [2.45, 2.75) is 6.92 Å². The standard InChI is InChI=1S/C7H10N2O/c1-3-9-5-4-6(2)7(8)10/h3-5H,2H2,1H3,(H2,8,10)/b5-4-,9-3?. The molecule has 0 aliphatic heterocycles. The summed E-state index contributed by atoms with van der Waals surface area (Å²) in [6.45, 7) is 5.17. The number of hydrogen-bond donors (Lipinski definition) is 1. The Hall–Kier alpha value is -1.38. The van der Waals surface area contributed by atoms with Crippen LogP contribution < -0.4 is 5.73 Å². The summed E-state index contributed by atoms with van der Waals surface area (Å²) in [5.74, 6) is -0.525. The normalized spacial score (nSPS) is 10.9. The van der Waals surface area contributed by atoms with Gasteiger partial charge in [-0.25, -0.2) is 0 Å². The molecule has 0 saturated carbocycles. The fraction of sp³-hybridized carbons (Fsp3) is 0.143. The van der Waals surface area contributed by atoms with E-state index < -0.39 is 5.91 Å². The number of carbonyl (C=O) groups is 1. The van der Waals surface area contributed by atoms with Gasteiger partial charge in [0.1, 0.15) is 0 Å². The molecule has 0 aromatic rings. The van der Waals surface area contributed by atoms with Crippen molar-refractivity contribution >= 4 is 12.1 Å². The molecule has 10 heavy (non-hydrogen) atoms. The second-order valence-electron chi connectivity index (χ2n) is 1.61. The van der Waals surface area contributed by atoms with Crippen LogP contribution in [0.4, 0.5) is 0 Å². The number of carbonyl (C=O) groups excluding carboxylic acids is 1. The highest BCUT2D eigenvalue weighted by atomic mass is 16.1. The summed E-state index contributed by atoms with van der Waals surface area (Å²) in [5.41, 5.74) is 5.13. The lowest BCUT2D eigenvalue weighted by molar-refractivity contribution is -0.114. The summed E-state index contributed by atoms with van der Waals surface area (Å²) in [4.78, 5) is 14.0. The van der Waals surface area contributed by atoms with Gasteiger partial charge in [-0.15, -0.1) is 0 Å². The van der Waals surface area contributed by atoms with Crippen LogP contribution >= 0.6 is 0 Å². The molecule has 0 spiro atoms. The molecule has 3 heteroatoms. The minimum absolute atomic E-state index is 0.255. The van der Waals surface area contributed by atoms with Crippen LogP contribution in [0, 0.1) is 0 Å². The van der Waals surface area contributed by atoms with E-state index in [4.69, 9.17) is 5.73 Å². The number of primary amides is 1. The lowest BCUT2D eigenvalue weighted by Gasteiger charge is -1.86. The van der Waals surface area contributed by atoms with Crippen molar-refractivity contribution in [1.82, 2.24) is 0 Å². The van der Waals surface area contributed by atoms with Gasteiger partial charge in [-0.1, -0.05) is 6.58 Å². The summed E-state index contributed by atoms with van der Waals surface area (Å²) in [5, 5.41) is 0. The zero-order valence-corrected chi connectivity index (χ0v) is 5.87. The summed E-state index contributed by atoms with van der Waals surface area (Å²) in [6.07, 6.45) is 4.53. The molecule has 3 nitrogen and oxygen atoms in total. The number of amides is 1. The van der Waals surface area contributed by atoms with Crippen LogP contribution in [0.15, 0.2) is 29.4 Å². The second-order valence-corrected chi connectivity index (χ2v) is 1.61. The van der Waals surface area contributed by atoms with Gasteiger partial charge in [0.15, 0.2) is 0 Å². The Morgan fingerprint density at radius 1 is 1.70 bits per heavy atom. The van der Waals surface area contributed by atoms with Gasteiger partial charge in [0.25, 0.3) is 0 Å². The van der Waals surface area contributed by atoms with Crippen molar-refractivity contribution < 1.29 is 4.79 Å². The first kappa shape index (κ1) is 8.62.